The average molecular weight is 190 g/mol. The molecule has 0 amide bonds. The van der Waals surface area contributed by atoms with E-state index in [0.717, 1.165) is 4.68 Å². The van der Waals surface area contributed by atoms with Gasteiger partial charge < -0.3 is 11.6 Å². The first-order valence-corrected chi connectivity index (χ1v) is 4.13. The van der Waals surface area contributed by atoms with Crippen molar-refractivity contribution in [1.29, 1.82) is 0 Å². The summed E-state index contributed by atoms with van der Waals surface area (Å²) in [6.45, 7) is 1.67. The zero-order valence-corrected chi connectivity index (χ0v) is 7.69. The molecule has 0 unspecified atom stereocenters. The molecule has 72 valence electrons. The van der Waals surface area contributed by atoms with Gasteiger partial charge in [-0.1, -0.05) is 0 Å². The van der Waals surface area contributed by atoms with Gasteiger partial charge in [0.25, 0.3) is 5.56 Å². The molecule has 1 aromatic carbocycles. The molecule has 0 spiro atoms. The predicted molar refractivity (Wildman–Crippen MR) is 55.3 cm³/mol. The minimum atomic E-state index is -0.257. The summed E-state index contributed by atoms with van der Waals surface area (Å²) in [6, 6.07) is 4.94. The number of anilines is 1. The third kappa shape index (κ3) is 1.10. The van der Waals surface area contributed by atoms with Gasteiger partial charge in [0.15, 0.2) is 0 Å². The van der Waals surface area contributed by atoms with Crippen molar-refractivity contribution in [3.8, 4) is 0 Å². The summed E-state index contributed by atoms with van der Waals surface area (Å²) >= 11 is 0. The van der Waals surface area contributed by atoms with Crippen LogP contribution in [-0.2, 0) is 0 Å². The molecule has 0 fully saturated rings. The minimum Gasteiger partial charge on any atom is -0.399 e. The van der Waals surface area contributed by atoms with E-state index in [2.05, 4.69) is 4.98 Å². The lowest BCUT2D eigenvalue weighted by atomic mass is 10.2. The number of nitrogens with two attached hydrogens (primary N) is 2. The van der Waals surface area contributed by atoms with Gasteiger partial charge in [-0.15, -0.1) is 0 Å². The molecule has 0 saturated heterocycles. The predicted octanol–water partition coefficient (Wildman–Crippen LogP) is 0.000920. The van der Waals surface area contributed by atoms with Crippen molar-refractivity contribution in [2.45, 2.75) is 6.92 Å². The zero-order chi connectivity index (χ0) is 10.3. The summed E-state index contributed by atoms with van der Waals surface area (Å²) in [4.78, 5) is 15.8. The van der Waals surface area contributed by atoms with Gasteiger partial charge in [-0.3, -0.25) is 4.79 Å². The van der Waals surface area contributed by atoms with Crippen LogP contribution < -0.4 is 17.1 Å². The van der Waals surface area contributed by atoms with E-state index in [-0.39, 0.29) is 5.56 Å². The highest BCUT2D eigenvalue weighted by molar-refractivity contribution is 5.80. The van der Waals surface area contributed by atoms with Crippen molar-refractivity contribution in [3.63, 3.8) is 0 Å². The molecule has 14 heavy (non-hydrogen) atoms. The van der Waals surface area contributed by atoms with Crippen LogP contribution in [0.15, 0.2) is 23.0 Å². The van der Waals surface area contributed by atoms with Crippen LogP contribution in [0.25, 0.3) is 10.9 Å². The van der Waals surface area contributed by atoms with Crippen molar-refractivity contribution in [2.24, 2.45) is 0 Å². The molecule has 2 aromatic rings. The second-order valence-electron chi connectivity index (χ2n) is 3.11. The van der Waals surface area contributed by atoms with Crippen molar-refractivity contribution in [3.05, 3.63) is 34.4 Å². The van der Waals surface area contributed by atoms with Gasteiger partial charge in [0, 0.05) is 5.69 Å². The van der Waals surface area contributed by atoms with E-state index in [1.807, 2.05) is 0 Å². The van der Waals surface area contributed by atoms with Gasteiger partial charge in [0.2, 0.25) is 0 Å². The molecule has 0 radical (unpaired) electrons. The molecule has 0 aliphatic rings. The number of aryl methyl sites for hydroxylation is 1. The first-order chi connectivity index (χ1) is 6.59. The van der Waals surface area contributed by atoms with E-state index in [0.29, 0.717) is 22.4 Å². The van der Waals surface area contributed by atoms with Crippen LogP contribution in [0.5, 0.6) is 0 Å². The SMILES string of the molecule is Cc1nc2cc(N)ccc2c(=O)n1N. The highest BCUT2D eigenvalue weighted by atomic mass is 16.1. The summed E-state index contributed by atoms with van der Waals surface area (Å²) in [5.41, 5.74) is 6.49. The van der Waals surface area contributed by atoms with Gasteiger partial charge in [-0.25, -0.2) is 9.66 Å². The Labute approximate surface area is 79.9 Å². The molecular formula is C9H10N4O. The van der Waals surface area contributed by atoms with E-state index >= 15 is 0 Å². The molecule has 2 rings (SSSR count). The maximum absolute atomic E-state index is 11.6. The van der Waals surface area contributed by atoms with E-state index in [1.54, 1.807) is 25.1 Å². The van der Waals surface area contributed by atoms with Crippen LogP contribution in [0.2, 0.25) is 0 Å². The Bertz CT molecular complexity index is 558. The quantitative estimate of drug-likeness (QED) is 0.452. The fourth-order valence-corrected chi connectivity index (χ4v) is 1.33. The molecular weight excluding hydrogens is 180 g/mol. The lowest BCUT2D eigenvalue weighted by Gasteiger charge is -2.04. The molecule has 0 aliphatic carbocycles. The van der Waals surface area contributed by atoms with Gasteiger partial charge in [0.1, 0.15) is 5.82 Å². The van der Waals surface area contributed by atoms with Gasteiger partial charge in [0.05, 0.1) is 10.9 Å². The highest BCUT2D eigenvalue weighted by Crippen LogP contribution is 2.11. The molecule has 1 heterocycles. The first kappa shape index (κ1) is 8.55. The normalized spacial score (nSPS) is 10.6. The monoisotopic (exact) mass is 190 g/mol. The van der Waals surface area contributed by atoms with Crippen molar-refractivity contribution >= 4 is 16.6 Å². The lowest BCUT2D eigenvalue weighted by Crippen LogP contribution is -2.30. The Morgan fingerprint density at radius 3 is 2.86 bits per heavy atom. The number of aromatic nitrogens is 2. The largest absolute Gasteiger partial charge is 0.399 e. The number of nitrogen functional groups attached to an aromatic ring is 2. The van der Waals surface area contributed by atoms with Gasteiger partial charge in [-0.05, 0) is 25.1 Å². The third-order valence-corrected chi connectivity index (χ3v) is 2.10. The number of hydrogen-bond donors (Lipinski definition) is 2. The second kappa shape index (κ2) is 2.73. The Morgan fingerprint density at radius 1 is 1.43 bits per heavy atom. The van der Waals surface area contributed by atoms with Crippen LogP contribution in [0.4, 0.5) is 5.69 Å². The third-order valence-electron chi connectivity index (χ3n) is 2.10. The van der Waals surface area contributed by atoms with E-state index in [9.17, 15) is 4.79 Å². The smallest absolute Gasteiger partial charge is 0.279 e. The first-order valence-electron chi connectivity index (χ1n) is 4.13. The fourth-order valence-electron chi connectivity index (χ4n) is 1.33. The second-order valence-corrected chi connectivity index (χ2v) is 3.11. The molecule has 0 saturated carbocycles. The van der Waals surface area contributed by atoms with Crippen LogP contribution in [-0.4, -0.2) is 9.66 Å². The van der Waals surface area contributed by atoms with E-state index < -0.39 is 0 Å². The topological polar surface area (TPSA) is 86.9 Å². The maximum Gasteiger partial charge on any atom is 0.279 e. The Hall–Kier alpha value is -2.04. The number of hydrogen-bond acceptors (Lipinski definition) is 4. The summed E-state index contributed by atoms with van der Waals surface area (Å²) in [7, 11) is 0. The molecule has 0 atom stereocenters. The molecule has 4 N–H and O–H groups in total. The highest BCUT2D eigenvalue weighted by Gasteiger charge is 2.04. The van der Waals surface area contributed by atoms with Crippen LogP contribution in [0.1, 0.15) is 5.82 Å². The van der Waals surface area contributed by atoms with Gasteiger partial charge >= 0.3 is 0 Å². The van der Waals surface area contributed by atoms with E-state index in [1.165, 1.54) is 0 Å². The molecule has 5 nitrogen and oxygen atoms in total. The van der Waals surface area contributed by atoms with Crippen LogP contribution >= 0.6 is 0 Å². The fraction of sp³-hybridized carbons (Fsp3) is 0.111. The molecule has 1 aromatic heterocycles. The molecule has 5 heteroatoms. The average Bonchev–Trinajstić information content (AvgIpc) is 2.14. The minimum absolute atomic E-state index is 0.257. The Kier molecular flexibility index (Phi) is 1.67. The Morgan fingerprint density at radius 2 is 2.14 bits per heavy atom. The van der Waals surface area contributed by atoms with Crippen molar-refractivity contribution < 1.29 is 0 Å². The van der Waals surface area contributed by atoms with Crippen LogP contribution in [0.3, 0.4) is 0 Å². The van der Waals surface area contributed by atoms with Crippen molar-refractivity contribution in [1.82, 2.24) is 9.66 Å². The Balaban J connectivity index is 2.98. The summed E-state index contributed by atoms with van der Waals surface area (Å²) in [5.74, 6) is 5.96. The zero-order valence-electron chi connectivity index (χ0n) is 7.69. The number of fused-ring (bicyclic) bond motifs is 1. The summed E-state index contributed by atoms with van der Waals surface area (Å²) < 4.78 is 1.03. The standard InChI is InChI=1S/C9H10N4O/c1-5-12-8-4-6(10)2-3-7(8)9(14)13(5)11/h2-4H,10-11H2,1H3. The number of rotatable bonds is 0. The van der Waals surface area contributed by atoms with Crippen molar-refractivity contribution in [2.75, 3.05) is 11.6 Å². The van der Waals surface area contributed by atoms with E-state index in [4.69, 9.17) is 11.6 Å². The lowest BCUT2D eigenvalue weighted by molar-refractivity contribution is 0.852. The summed E-state index contributed by atoms with van der Waals surface area (Å²) in [5, 5.41) is 0.479. The molecule has 0 bridgehead atoms. The molecule has 0 aliphatic heterocycles. The van der Waals surface area contributed by atoms with Gasteiger partial charge in [-0.2, -0.15) is 0 Å². The number of nitrogens with zero attached hydrogens (tertiary/aromatic N) is 2. The maximum atomic E-state index is 11.6. The number of benzene rings is 1. The van der Waals surface area contributed by atoms with Crippen LogP contribution in [0, 0.1) is 6.92 Å². The summed E-state index contributed by atoms with van der Waals surface area (Å²) in [6.07, 6.45) is 0.